The second-order valence-corrected chi connectivity index (χ2v) is 6.08. The lowest BCUT2D eigenvalue weighted by atomic mass is 10.2. The molecule has 0 radical (unpaired) electrons. The Labute approximate surface area is 111 Å². The molecule has 3 aliphatic rings. The van der Waals surface area contributed by atoms with Crippen molar-refractivity contribution in [3.63, 3.8) is 0 Å². The van der Waals surface area contributed by atoms with Gasteiger partial charge in [0.1, 0.15) is 0 Å². The summed E-state index contributed by atoms with van der Waals surface area (Å²) < 4.78 is 6.07. The van der Waals surface area contributed by atoms with Gasteiger partial charge in [0, 0.05) is 45.3 Å². The van der Waals surface area contributed by atoms with E-state index in [1.54, 1.807) is 0 Å². The first-order valence-corrected chi connectivity index (χ1v) is 7.61. The second-order valence-electron chi connectivity index (χ2n) is 6.08. The summed E-state index contributed by atoms with van der Waals surface area (Å²) in [6, 6.07) is 0.940. The van der Waals surface area contributed by atoms with Crippen LogP contribution in [-0.4, -0.2) is 74.4 Å². The van der Waals surface area contributed by atoms with Gasteiger partial charge in [-0.25, -0.2) is 0 Å². The minimum Gasteiger partial charge on any atom is -0.372 e. The van der Waals surface area contributed by atoms with Crippen LogP contribution in [0.2, 0.25) is 0 Å². The van der Waals surface area contributed by atoms with E-state index >= 15 is 0 Å². The van der Waals surface area contributed by atoms with Crippen LogP contribution < -0.4 is 5.32 Å². The van der Waals surface area contributed by atoms with Gasteiger partial charge in [-0.3, -0.25) is 9.80 Å². The van der Waals surface area contributed by atoms with Gasteiger partial charge in [0.15, 0.2) is 0 Å². The van der Waals surface area contributed by atoms with Gasteiger partial charge < -0.3 is 10.1 Å². The molecule has 0 aromatic carbocycles. The van der Waals surface area contributed by atoms with Crippen LogP contribution in [0.4, 0.5) is 0 Å². The summed E-state index contributed by atoms with van der Waals surface area (Å²) in [5, 5.41) is 3.21. The summed E-state index contributed by atoms with van der Waals surface area (Å²) in [5.74, 6) is 0. The maximum absolute atomic E-state index is 6.07. The Morgan fingerprint density at radius 2 is 1.72 bits per heavy atom. The first kappa shape index (κ1) is 12.9. The van der Waals surface area contributed by atoms with Crippen LogP contribution in [0.25, 0.3) is 0 Å². The zero-order valence-corrected chi connectivity index (χ0v) is 11.6. The minimum absolute atomic E-state index is 0.452. The Morgan fingerprint density at radius 3 is 2.39 bits per heavy atom. The van der Waals surface area contributed by atoms with Crippen LogP contribution in [0.3, 0.4) is 0 Å². The summed E-state index contributed by atoms with van der Waals surface area (Å²) >= 11 is 0. The van der Waals surface area contributed by atoms with Crippen LogP contribution in [0.5, 0.6) is 0 Å². The second kappa shape index (κ2) is 5.87. The van der Waals surface area contributed by atoms with E-state index in [1.165, 1.54) is 51.9 Å². The Hall–Kier alpha value is -0.160. The number of piperazine rings is 1. The SMILES string of the molecule is CNCC1CCC(CN2CCN(C3CC3)CC2)O1. The van der Waals surface area contributed by atoms with E-state index in [0.29, 0.717) is 12.2 Å². The quantitative estimate of drug-likeness (QED) is 0.774. The maximum atomic E-state index is 6.07. The summed E-state index contributed by atoms with van der Waals surface area (Å²) in [7, 11) is 2.01. The van der Waals surface area contributed by atoms with E-state index in [4.69, 9.17) is 4.74 Å². The molecule has 18 heavy (non-hydrogen) atoms. The molecule has 0 aromatic rings. The zero-order valence-electron chi connectivity index (χ0n) is 11.6. The van der Waals surface area contributed by atoms with E-state index in [1.807, 2.05) is 7.05 Å². The highest BCUT2D eigenvalue weighted by Crippen LogP contribution is 2.28. The molecule has 2 heterocycles. The van der Waals surface area contributed by atoms with Gasteiger partial charge in [-0.05, 0) is 32.7 Å². The number of hydrogen-bond donors (Lipinski definition) is 1. The van der Waals surface area contributed by atoms with Gasteiger partial charge in [0.05, 0.1) is 12.2 Å². The highest BCUT2D eigenvalue weighted by Gasteiger charge is 2.32. The molecule has 0 bridgehead atoms. The average Bonchev–Trinajstić information content (AvgIpc) is 3.14. The highest BCUT2D eigenvalue weighted by atomic mass is 16.5. The Morgan fingerprint density at radius 1 is 1.00 bits per heavy atom. The third-order valence-corrected chi connectivity index (χ3v) is 4.56. The lowest BCUT2D eigenvalue weighted by Gasteiger charge is -2.35. The standard InChI is InChI=1S/C14H27N3O/c1-15-10-13-4-5-14(18-13)11-16-6-8-17(9-7-16)12-2-3-12/h12-15H,2-11H2,1H3. The van der Waals surface area contributed by atoms with Crippen LogP contribution in [0.15, 0.2) is 0 Å². The van der Waals surface area contributed by atoms with E-state index in [-0.39, 0.29) is 0 Å². The fourth-order valence-corrected chi connectivity index (χ4v) is 3.33. The Balaban J connectivity index is 1.36. The zero-order chi connectivity index (χ0) is 12.4. The number of nitrogens with zero attached hydrogens (tertiary/aromatic N) is 2. The smallest absolute Gasteiger partial charge is 0.0707 e. The molecule has 0 amide bonds. The van der Waals surface area contributed by atoms with Crippen molar-refractivity contribution >= 4 is 0 Å². The lowest BCUT2D eigenvalue weighted by molar-refractivity contribution is 0.0126. The first-order valence-electron chi connectivity index (χ1n) is 7.61. The van der Waals surface area contributed by atoms with Crippen LogP contribution >= 0.6 is 0 Å². The topological polar surface area (TPSA) is 27.7 Å². The van der Waals surface area contributed by atoms with E-state index in [2.05, 4.69) is 15.1 Å². The average molecular weight is 253 g/mol. The maximum Gasteiger partial charge on any atom is 0.0707 e. The summed E-state index contributed by atoms with van der Waals surface area (Å²) in [5.41, 5.74) is 0. The molecule has 1 aliphatic carbocycles. The van der Waals surface area contributed by atoms with E-state index in [0.717, 1.165) is 19.1 Å². The van der Waals surface area contributed by atoms with E-state index < -0.39 is 0 Å². The number of nitrogens with one attached hydrogen (secondary N) is 1. The lowest BCUT2D eigenvalue weighted by Crippen LogP contribution is -2.49. The fourth-order valence-electron chi connectivity index (χ4n) is 3.33. The molecule has 0 spiro atoms. The van der Waals surface area contributed by atoms with Gasteiger partial charge in [0.2, 0.25) is 0 Å². The molecule has 1 saturated carbocycles. The third kappa shape index (κ3) is 3.23. The Kier molecular flexibility index (Phi) is 4.19. The third-order valence-electron chi connectivity index (χ3n) is 4.56. The summed E-state index contributed by atoms with van der Waals surface area (Å²) in [4.78, 5) is 5.28. The molecule has 104 valence electrons. The molecule has 1 N–H and O–H groups in total. The number of ether oxygens (including phenoxy) is 1. The van der Waals surface area contributed by atoms with Gasteiger partial charge in [-0.2, -0.15) is 0 Å². The molecule has 4 nitrogen and oxygen atoms in total. The van der Waals surface area contributed by atoms with Crippen molar-refractivity contribution in [1.29, 1.82) is 0 Å². The number of hydrogen-bond acceptors (Lipinski definition) is 4. The largest absolute Gasteiger partial charge is 0.372 e. The molecular formula is C14H27N3O. The molecular weight excluding hydrogens is 226 g/mol. The monoisotopic (exact) mass is 253 g/mol. The van der Waals surface area contributed by atoms with Crippen molar-refractivity contribution < 1.29 is 4.74 Å². The van der Waals surface area contributed by atoms with Crippen LogP contribution in [-0.2, 0) is 4.74 Å². The van der Waals surface area contributed by atoms with Crippen molar-refractivity contribution in [1.82, 2.24) is 15.1 Å². The molecule has 2 unspecified atom stereocenters. The predicted octanol–water partition coefficient (Wildman–Crippen LogP) is 0.533. The van der Waals surface area contributed by atoms with Gasteiger partial charge in [-0.15, -0.1) is 0 Å². The summed E-state index contributed by atoms with van der Waals surface area (Å²) in [6.07, 6.45) is 6.29. The Bertz CT molecular complexity index is 262. The summed E-state index contributed by atoms with van der Waals surface area (Å²) in [6.45, 7) is 7.19. The van der Waals surface area contributed by atoms with Crippen LogP contribution in [0.1, 0.15) is 25.7 Å². The van der Waals surface area contributed by atoms with Crippen molar-refractivity contribution in [3.05, 3.63) is 0 Å². The molecule has 0 aromatic heterocycles. The molecule has 2 atom stereocenters. The van der Waals surface area contributed by atoms with Crippen molar-refractivity contribution in [2.45, 2.75) is 43.9 Å². The molecule has 2 aliphatic heterocycles. The number of likely N-dealkylation sites (N-methyl/N-ethyl adjacent to an activating group) is 1. The van der Waals surface area contributed by atoms with Crippen molar-refractivity contribution in [2.24, 2.45) is 0 Å². The molecule has 2 saturated heterocycles. The van der Waals surface area contributed by atoms with E-state index in [9.17, 15) is 0 Å². The fraction of sp³-hybridized carbons (Fsp3) is 1.00. The van der Waals surface area contributed by atoms with Gasteiger partial charge in [-0.1, -0.05) is 0 Å². The molecule has 3 rings (SSSR count). The van der Waals surface area contributed by atoms with Crippen molar-refractivity contribution in [2.75, 3.05) is 46.3 Å². The number of rotatable bonds is 5. The van der Waals surface area contributed by atoms with Crippen molar-refractivity contribution in [3.8, 4) is 0 Å². The van der Waals surface area contributed by atoms with Gasteiger partial charge >= 0.3 is 0 Å². The molecule has 3 fully saturated rings. The van der Waals surface area contributed by atoms with Gasteiger partial charge in [0.25, 0.3) is 0 Å². The molecule has 4 heteroatoms. The predicted molar refractivity (Wildman–Crippen MR) is 72.9 cm³/mol. The van der Waals surface area contributed by atoms with Crippen LogP contribution in [0, 0.1) is 0 Å². The normalized spacial score (nSPS) is 35.2. The first-order chi connectivity index (χ1) is 8.85. The minimum atomic E-state index is 0.452. The highest BCUT2D eigenvalue weighted by molar-refractivity contribution is 4.88.